The van der Waals surface area contributed by atoms with Gasteiger partial charge in [0.25, 0.3) is 0 Å². The fourth-order valence-corrected chi connectivity index (χ4v) is 1.69. The van der Waals surface area contributed by atoms with E-state index < -0.39 is 17.9 Å². The smallest absolute Gasteiger partial charge is 0.308 e. The van der Waals surface area contributed by atoms with Gasteiger partial charge in [-0.25, -0.2) is 0 Å². The molecule has 1 unspecified atom stereocenters. The Hall–Kier alpha value is -1.72. The zero-order valence-electron chi connectivity index (χ0n) is 10.6. The van der Waals surface area contributed by atoms with E-state index in [4.69, 9.17) is 4.74 Å². The van der Waals surface area contributed by atoms with Gasteiger partial charge in [-0.3, -0.25) is 9.59 Å². The van der Waals surface area contributed by atoms with Crippen LogP contribution in [0.1, 0.15) is 36.6 Å². The Labute approximate surface area is 105 Å². The van der Waals surface area contributed by atoms with Gasteiger partial charge < -0.3 is 14.9 Å². The highest BCUT2D eigenvalue weighted by Gasteiger charge is 2.22. The quantitative estimate of drug-likeness (QED) is 0.617. The molecule has 0 saturated heterocycles. The lowest BCUT2D eigenvalue weighted by atomic mass is 9.99. The molecular weight excluding hydrogens is 236 g/mol. The summed E-state index contributed by atoms with van der Waals surface area (Å²) in [7, 11) is 0. The van der Waals surface area contributed by atoms with Crippen molar-refractivity contribution in [1.29, 1.82) is 0 Å². The van der Waals surface area contributed by atoms with Gasteiger partial charge in [0.1, 0.15) is 11.9 Å². The van der Waals surface area contributed by atoms with E-state index in [-0.39, 0.29) is 17.9 Å². The topological polar surface area (TPSA) is 83.8 Å². The number of benzene rings is 1. The number of rotatable bonds is 4. The average molecular weight is 252 g/mol. The fourth-order valence-electron chi connectivity index (χ4n) is 1.69. The maximum Gasteiger partial charge on any atom is 0.308 e. The van der Waals surface area contributed by atoms with Crippen LogP contribution in [0.4, 0.5) is 0 Å². The molecule has 0 bridgehead atoms. The fraction of sp³-hybridized carbons (Fsp3) is 0.385. The Balaban J connectivity index is 3.40. The Kier molecular flexibility index (Phi) is 4.58. The molecule has 1 aromatic carbocycles. The van der Waals surface area contributed by atoms with Gasteiger partial charge >= 0.3 is 5.97 Å². The van der Waals surface area contributed by atoms with Gasteiger partial charge in [-0.05, 0) is 19.9 Å². The van der Waals surface area contributed by atoms with Crippen LogP contribution in [0.25, 0.3) is 0 Å². The lowest BCUT2D eigenvalue weighted by molar-refractivity contribution is -0.132. The molecule has 0 spiro atoms. The number of hydrogen-bond acceptors (Lipinski definition) is 5. The molecule has 18 heavy (non-hydrogen) atoms. The van der Waals surface area contributed by atoms with Crippen molar-refractivity contribution in [2.75, 3.05) is 0 Å². The second-order valence-electron chi connectivity index (χ2n) is 4.11. The first-order chi connectivity index (χ1) is 8.36. The molecular formula is C13H16O5. The van der Waals surface area contributed by atoms with Crippen molar-refractivity contribution in [2.45, 2.75) is 33.5 Å². The van der Waals surface area contributed by atoms with E-state index in [2.05, 4.69) is 0 Å². The minimum Gasteiger partial charge on any atom is -0.426 e. The Morgan fingerprint density at radius 2 is 1.94 bits per heavy atom. The molecule has 1 rings (SSSR count). The normalized spacial score (nSPS) is 12.1. The number of esters is 1. The van der Waals surface area contributed by atoms with Gasteiger partial charge in [0.2, 0.25) is 0 Å². The lowest BCUT2D eigenvalue weighted by Gasteiger charge is -2.16. The first kappa shape index (κ1) is 14.3. The Morgan fingerprint density at radius 1 is 1.33 bits per heavy atom. The van der Waals surface area contributed by atoms with Crippen molar-refractivity contribution in [2.24, 2.45) is 0 Å². The summed E-state index contributed by atoms with van der Waals surface area (Å²) in [5.74, 6) is -0.984. The number of ketones is 1. The molecule has 0 aliphatic heterocycles. The van der Waals surface area contributed by atoms with Crippen molar-refractivity contribution in [1.82, 2.24) is 0 Å². The molecule has 0 aliphatic carbocycles. The Bertz CT molecular complexity index is 479. The van der Waals surface area contributed by atoms with Gasteiger partial charge in [-0.15, -0.1) is 0 Å². The lowest BCUT2D eigenvalue weighted by Crippen LogP contribution is -2.14. The third kappa shape index (κ3) is 3.15. The number of aliphatic hydroxyl groups excluding tert-OH is 2. The minimum absolute atomic E-state index is 0.0540. The SMILES string of the molecule is CC(=O)Oc1c(CO)cc(C)cc1C(O)C(C)=O. The van der Waals surface area contributed by atoms with E-state index in [0.29, 0.717) is 5.56 Å². The number of carbonyl (C=O) groups is 2. The predicted molar refractivity (Wildman–Crippen MR) is 64.1 cm³/mol. The van der Waals surface area contributed by atoms with E-state index in [1.54, 1.807) is 19.1 Å². The number of ether oxygens (including phenoxy) is 1. The highest BCUT2D eigenvalue weighted by atomic mass is 16.5. The van der Waals surface area contributed by atoms with Crippen LogP contribution < -0.4 is 4.74 Å². The zero-order chi connectivity index (χ0) is 13.9. The summed E-state index contributed by atoms with van der Waals surface area (Å²) in [6.07, 6.45) is -1.37. The summed E-state index contributed by atoms with van der Waals surface area (Å²) >= 11 is 0. The Morgan fingerprint density at radius 3 is 2.39 bits per heavy atom. The van der Waals surface area contributed by atoms with Crippen molar-refractivity contribution in [3.63, 3.8) is 0 Å². The van der Waals surface area contributed by atoms with Crippen molar-refractivity contribution >= 4 is 11.8 Å². The molecule has 0 aromatic heterocycles. The molecule has 0 heterocycles. The number of aryl methyl sites for hydroxylation is 1. The number of aliphatic hydroxyl groups is 2. The molecule has 0 aliphatic rings. The highest BCUT2D eigenvalue weighted by molar-refractivity contribution is 5.83. The predicted octanol–water partition coefficient (Wildman–Crippen LogP) is 1.04. The van der Waals surface area contributed by atoms with Crippen LogP contribution in [0.2, 0.25) is 0 Å². The molecule has 1 aromatic rings. The number of carbonyl (C=O) groups excluding carboxylic acids is 2. The van der Waals surface area contributed by atoms with Crippen LogP contribution in [0.5, 0.6) is 5.75 Å². The second-order valence-corrected chi connectivity index (χ2v) is 4.11. The van der Waals surface area contributed by atoms with Gasteiger partial charge in [-0.1, -0.05) is 11.6 Å². The number of Topliss-reactive ketones (excluding diaryl/α,β-unsaturated/α-hetero) is 1. The summed E-state index contributed by atoms with van der Waals surface area (Å²) in [5, 5.41) is 19.1. The summed E-state index contributed by atoms with van der Waals surface area (Å²) in [6.45, 7) is 3.86. The van der Waals surface area contributed by atoms with E-state index >= 15 is 0 Å². The molecule has 0 fully saturated rings. The van der Waals surface area contributed by atoms with E-state index in [1.807, 2.05) is 0 Å². The summed E-state index contributed by atoms with van der Waals surface area (Å²) in [4.78, 5) is 22.3. The van der Waals surface area contributed by atoms with Crippen molar-refractivity contribution in [3.8, 4) is 5.75 Å². The molecule has 98 valence electrons. The van der Waals surface area contributed by atoms with E-state index in [0.717, 1.165) is 5.56 Å². The zero-order valence-corrected chi connectivity index (χ0v) is 10.6. The van der Waals surface area contributed by atoms with E-state index in [1.165, 1.54) is 13.8 Å². The van der Waals surface area contributed by atoms with Gasteiger partial charge in [0, 0.05) is 18.1 Å². The molecule has 0 saturated carbocycles. The van der Waals surface area contributed by atoms with Crippen LogP contribution >= 0.6 is 0 Å². The van der Waals surface area contributed by atoms with Crippen LogP contribution in [0, 0.1) is 6.92 Å². The molecule has 1 atom stereocenters. The highest BCUT2D eigenvalue weighted by Crippen LogP contribution is 2.31. The van der Waals surface area contributed by atoms with Crippen LogP contribution in [-0.4, -0.2) is 22.0 Å². The summed E-state index contributed by atoms with van der Waals surface area (Å²) in [5.41, 5.74) is 1.31. The summed E-state index contributed by atoms with van der Waals surface area (Å²) < 4.78 is 4.98. The molecule has 5 heteroatoms. The number of hydrogen-bond donors (Lipinski definition) is 2. The maximum absolute atomic E-state index is 11.2. The van der Waals surface area contributed by atoms with Crippen LogP contribution in [0.15, 0.2) is 12.1 Å². The molecule has 0 radical (unpaired) electrons. The maximum atomic E-state index is 11.2. The minimum atomic E-state index is -1.37. The van der Waals surface area contributed by atoms with Crippen molar-refractivity contribution in [3.05, 3.63) is 28.8 Å². The standard InChI is InChI=1S/C13H16O5/c1-7-4-10(6-14)13(18-9(3)16)11(5-7)12(17)8(2)15/h4-5,12,14,17H,6H2,1-3H3. The first-order valence-corrected chi connectivity index (χ1v) is 5.48. The first-order valence-electron chi connectivity index (χ1n) is 5.48. The summed E-state index contributed by atoms with van der Waals surface area (Å²) in [6, 6.07) is 3.19. The molecule has 5 nitrogen and oxygen atoms in total. The van der Waals surface area contributed by atoms with Crippen LogP contribution in [0.3, 0.4) is 0 Å². The van der Waals surface area contributed by atoms with Gasteiger partial charge in [-0.2, -0.15) is 0 Å². The average Bonchev–Trinajstić information content (AvgIpc) is 2.29. The van der Waals surface area contributed by atoms with Crippen LogP contribution in [-0.2, 0) is 16.2 Å². The van der Waals surface area contributed by atoms with Gasteiger partial charge in [0.15, 0.2) is 5.78 Å². The molecule has 2 N–H and O–H groups in total. The second kappa shape index (κ2) is 5.75. The third-order valence-electron chi connectivity index (χ3n) is 2.43. The molecule has 0 amide bonds. The largest absolute Gasteiger partial charge is 0.426 e. The van der Waals surface area contributed by atoms with Gasteiger partial charge in [0.05, 0.1) is 6.61 Å². The monoisotopic (exact) mass is 252 g/mol. The third-order valence-corrected chi connectivity index (χ3v) is 2.43. The van der Waals surface area contributed by atoms with Crippen molar-refractivity contribution < 1.29 is 24.5 Å². The van der Waals surface area contributed by atoms with E-state index in [9.17, 15) is 19.8 Å².